The van der Waals surface area contributed by atoms with Gasteiger partial charge in [-0.3, -0.25) is 9.59 Å². The first-order chi connectivity index (χ1) is 10.8. The average molecular weight is 324 g/mol. The number of carbonyl (C=O) groups excluding carboxylic acids is 1. The Labute approximate surface area is 130 Å². The maximum absolute atomic E-state index is 12.6. The molecule has 0 aliphatic heterocycles. The highest BCUT2D eigenvalue weighted by atomic mass is 19.4. The Morgan fingerprint density at radius 3 is 2.35 bits per heavy atom. The van der Waals surface area contributed by atoms with Crippen LogP contribution in [0, 0.1) is 0 Å². The van der Waals surface area contributed by atoms with Crippen molar-refractivity contribution in [3.63, 3.8) is 0 Å². The standard InChI is InChI=1S/C16H15F3N2O2/c1-2-11-3-6-13(7-4-11)20-14(22)10-21-9-12(16(17,18)19)5-8-15(21)23/h3-9H,2,10H2,1H3,(H,20,22). The van der Waals surface area contributed by atoms with Crippen LogP contribution in [0.25, 0.3) is 0 Å². The predicted molar refractivity (Wildman–Crippen MR) is 80.2 cm³/mol. The molecule has 0 saturated heterocycles. The van der Waals surface area contributed by atoms with Crippen LogP contribution in [0.3, 0.4) is 0 Å². The summed E-state index contributed by atoms with van der Waals surface area (Å²) < 4.78 is 38.7. The monoisotopic (exact) mass is 324 g/mol. The lowest BCUT2D eigenvalue weighted by Crippen LogP contribution is -2.28. The predicted octanol–water partition coefficient (Wildman–Crippen LogP) is 3.07. The van der Waals surface area contributed by atoms with Gasteiger partial charge in [0.1, 0.15) is 6.54 Å². The Hall–Kier alpha value is -2.57. The molecular formula is C16H15F3N2O2. The van der Waals surface area contributed by atoms with Crippen LogP contribution in [0.4, 0.5) is 18.9 Å². The van der Waals surface area contributed by atoms with Crippen LogP contribution in [-0.2, 0) is 23.9 Å². The molecule has 122 valence electrons. The quantitative estimate of drug-likeness (QED) is 0.940. The molecule has 1 aromatic heterocycles. The van der Waals surface area contributed by atoms with Crippen molar-refractivity contribution in [1.82, 2.24) is 4.57 Å². The van der Waals surface area contributed by atoms with E-state index in [-0.39, 0.29) is 0 Å². The molecule has 7 heteroatoms. The van der Waals surface area contributed by atoms with E-state index >= 15 is 0 Å². The van der Waals surface area contributed by atoms with Gasteiger partial charge in [0.15, 0.2) is 0 Å². The largest absolute Gasteiger partial charge is 0.417 e. The van der Waals surface area contributed by atoms with Crippen LogP contribution in [0.15, 0.2) is 47.4 Å². The third-order valence-electron chi connectivity index (χ3n) is 3.27. The lowest BCUT2D eigenvalue weighted by Gasteiger charge is -2.11. The van der Waals surface area contributed by atoms with Gasteiger partial charge >= 0.3 is 6.18 Å². The summed E-state index contributed by atoms with van der Waals surface area (Å²) in [7, 11) is 0. The summed E-state index contributed by atoms with van der Waals surface area (Å²) in [5.41, 5.74) is -0.0315. The number of amides is 1. The Morgan fingerprint density at radius 1 is 1.13 bits per heavy atom. The Bertz CT molecular complexity index is 749. The zero-order chi connectivity index (χ0) is 17.0. The summed E-state index contributed by atoms with van der Waals surface area (Å²) in [5.74, 6) is -0.573. The molecule has 23 heavy (non-hydrogen) atoms. The minimum Gasteiger partial charge on any atom is -0.325 e. The van der Waals surface area contributed by atoms with E-state index in [4.69, 9.17) is 0 Å². The summed E-state index contributed by atoms with van der Waals surface area (Å²) in [6.07, 6.45) is -3.07. The number of alkyl halides is 3. The molecule has 1 N–H and O–H groups in total. The van der Waals surface area contributed by atoms with Crippen molar-refractivity contribution in [1.29, 1.82) is 0 Å². The number of benzene rings is 1. The average Bonchev–Trinajstić information content (AvgIpc) is 2.49. The minimum absolute atomic E-state index is 0.488. The number of hydrogen-bond acceptors (Lipinski definition) is 2. The second kappa shape index (κ2) is 6.68. The normalized spacial score (nSPS) is 11.3. The highest BCUT2D eigenvalue weighted by Crippen LogP contribution is 2.27. The summed E-state index contributed by atoms with van der Waals surface area (Å²) in [5, 5.41) is 2.55. The Kier molecular flexibility index (Phi) is 4.88. The van der Waals surface area contributed by atoms with Gasteiger partial charge in [0.05, 0.1) is 5.56 Å². The molecule has 1 aromatic carbocycles. The Morgan fingerprint density at radius 2 is 1.78 bits per heavy atom. The lowest BCUT2D eigenvalue weighted by atomic mass is 10.1. The second-order valence-corrected chi connectivity index (χ2v) is 4.98. The van der Waals surface area contributed by atoms with Crippen LogP contribution in [0.5, 0.6) is 0 Å². The maximum Gasteiger partial charge on any atom is 0.417 e. The molecule has 0 spiro atoms. The summed E-state index contributed by atoms with van der Waals surface area (Å²) in [6.45, 7) is 1.51. The van der Waals surface area contributed by atoms with E-state index in [1.54, 1.807) is 12.1 Å². The highest BCUT2D eigenvalue weighted by Gasteiger charge is 2.31. The lowest BCUT2D eigenvalue weighted by molar-refractivity contribution is -0.138. The molecule has 0 unspecified atom stereocenters. The van der Waals surface area contributed by atoms with Gasteiger partial charge in [-0.15, -0.1) is 0 Å². The van der Waals surface area contributed by atoms with Crippen LogP contribution < -0.4 is 10.9 Å². The summed E-state index contributed by atoms with van der Waals surface area (Å²) in [4.78, 5) is 23.5. The second-order valence-electron chi connectivity index (χ2n) is 4.98. The van der Waals surface area contributed by atoms with Crippen molar-refractivity contribution in [2.24, 2.45) is 0 Å². The molecule has 2 rings (SSSR count). The van der Waals surface area contributed by atoms with E-state index in [9.17, 15) is 22.8 Å². The van der Waals surface area contributed by atoms with Gasteiger partial charge in [0.2, 0.25) is 5.91 Å². The first kappa shape index (κ1) is 16.8. The number of nitrogens with one attached hydrogen (secondary N) is 1. The van der Waals surface area contributed by atoms with Gasteiger partial charge in [-0.1, -0.05) is 19.1 Å². The molecule has 0 radical (unpaired) electrons. The van der Waals surface area contributed by atoms with E-state index in [1.165, 1.54) is 0 Å². The van der Waals surface area contributed by atoms with Gasteiger partial charge in [-0.2, -0.15) is 13.2 Å². The number of hydrogen-bond donors (Lipinski definition) is 1. The number of carbonyl (C=O) groups is 1. The number of halogens is 3. The molecule has 1 heterocycles. The number of aryl methyl sites for hydroxylation is 1. The van der Waals surface area contributed by atoms with Gasteiger partial charge in [-0.05, 0) is 30.2 Å². The van der Waals surface area contributed by atoms with Crippen LogP contribution >= 0.6 is 0 Å². The molecule has 0 atom stereocenters. The smallest absolute Gasteiger partial charge is 0.325 e. The molecule has 1 amide bonds. The third kappa shape index (κ3) is 4.45. The molecule has 0 saturated carbocycles. The molecule has 0 aliphatic carbocycles. The fourth-order valence-electron chi connectivity index (χ4n) is 2.00. The number of anilines is 1. The van der Waals surface area contributed by atoms with Crippen molar-refractivity contribution in [3.8, 4) is 0 Å². The molecule has 0 aliphatic rings. The maximum atomic E-state index is 12.6. The number of aromatic nitrogens is 1. The molecular weight excluding hydrogens is 309 g/mol. The van der Waals surface area contributed by atoms with Crippen molar-refractivity contribution >= 4 is 11.6 Å². The van der Waals surface area contributed by atoms with Crippen LogP contribution in [0.2, 0.25) is 0 Å². The van der Waals surface area contributed by atoms with E-state index < -0.39 is 29.8 Å². The molecule has 2 aromatic rings. The van der Waals surface area contributed by atoms with E-state index in [1.807, 2.05) is 19.1 Å². The van der Waals surface area contributed by atoms with Gasteiger partial charge in [0, 0.05) is 18.0 Å². The van der Waals surface area contributed by atoms with Crippen LogP contribution in [-0.4, -0.2) is 10.5 Å². The van der Waals surface area contributed by atoms with Gasteiger partial charge < -0.3 is 9.88 Å². The summed E-state index contributed by atoms with van der Waals surface area (Å²) in [6, 6.07) is 8.57. The number of rotatable bonds is 4. The highest BCUT2D eigenvalue weighted by molar-refractivity contribution is 5.90. The van der Waals surface area contributed by atoms with Crippen molar-refractivity contribution in [3.05, 3.63) is 64.1 Å². The minimum atomic E-state index is -4.57. The third-order valence-corrected chi connectivity index (χ3v) is 3.27. The van der Waals surface area contributed by atoms with Gasteiger partial charge in [0.25, 0.3) is 5.56 Å². The first-order valence-electron chi connectivity index (χ1n) is 6.96. The topological polar surface area (TPSA) is 51.1 Å². The number of pyridine rings is 1. The SMILES string of the molecule is CCc1ccc(NC(=O)Cn2cc(C(F)(F)F)ccc2=O)cc1. The van der Waals surface area contributed by atoms with E-state index in [0.29, 0.717) is 18.0 Å². The van der Waals surface area contributed by atoms with E-state index in [0.717, 1.165) is 22.6 Å². The fourth-order valence-corrected chi connectivity index (χ4v) is 2.00. The molecule has 0 fully saturated rings. The van der Waals surface area contributed by atoms with Crippen molar-refractivity contribution in [2.75, 3.05) is 5.32 Å². The fraction of sp³-hybridized carbons (Fsp3) is 0.250. The molecule has 4 nitrogen and oxygen atoms in total. The van der Waals surface area contributed by atoms with Gasteiger partial charge in [-0.25, -0.2) is 0 Å². The molecule has 0 bridgehead atoms. The van der Waals surface area contributed by atoms with E-state index in [2.05, 4.69) is 5.32 Å². The summed E-state index contributed by atoms with van der Waals surface area (Å²) >= 11 is 0. The van der Waals surface area contributed by atoms with Crippen LogP contribution in [0.1, 0.15) is 18.1 Å². The van der Waals surface area contributed by atoms with Crippen molar-refractivity contribution in [2.45, 2.75) is 26.1 Å². The van der Waals surface area contributed by atoms with Crippen molar-refractivity contribution < 1.29 is 18.0 Å². The number of nitrogens with zero attached hydrogens (tertiary/aromatic N) is 1. The first-order valence-corrected chi connectivity index (χ1v) is 6.96. The zero-order valence-corrected chi connectivity index (χ0v) is 12.4. The zero-order valence-electron chi connectivity index (χ0n) is 12.4. The Balaban J connectivity index is 2.11.